The van der Waals surface area contributed by atoms with Gasteiger partial charge in [-0.2, -0.15) is 13.2 Å². The quantitative estimate of drug-likeness (QED) is 0.354. The standard InChI is InChI=1S/C11H19F3N4O.HI/c1-2-15-10(16-6-5-11(12,13)14)17-7-9(19)18-8-3-4-8;/h8H,2-7H2,1H3,(H,18,19)(H2,15,16,17);1H. The van der Waals surface area contributed by atoms with E-state index in [0.29, 0.717) is 6.54 Å². The fourth-order valence-electron chi connectivity index (χ4n) is 1.32. The van der Waals surface area contributed by atoms with Crippen molar-refractivity contribution in [1.29, 1.82) is 0 Å². The number of aliphatic imine (C=N–C) groups is 1. The van der Waals surface area contributed by atoms with Crippen molar-refractivity contribution in [2.45, 2.75) is 38.4 Å². The zero-order valence-electron chi connectivity index (χ0n) is 11.2. The Bertz CT molecular complexity index is 332. The fraction of sp³-hybridized carbons (Fsp3) is 0.818. The van der Waals surface area contributed by atoms with Crippen LogP contribution < -0.4 is 16.0 Å². The summed E-state index contributed by atoms with van der Waals surface area (Å²) in [7, 11) is 0. The van der Waals surface area contributed by atoms with E-state index in [2.05, 4.69) is 20.9 Å². The summed E-state index contributed by atoms with van der Waals surface area (Å²) >= 11 is 0. The van der Waals surface area contributed by atoms with Crippen LogP contribution in [0.1, 0.15) is 26.2 Å². The maximum absolute atomic E-state index is 12.0. The Morgan fingerprint density at radius 1 is 1.30 bits per heavy atom. The zero-order valence-corrected chi connectivity index (χ0v) is 13.5. The third-order valence-electron chi connectivity index (χ3n) is 2.37. The summed E-state index contributed by atoms with van der Waals surface area (Å²) in [5.41, 5.74) is 0. The predicted octanol–water partition coefficient (Wildman–Crippen LogP) is 1.39. The molecule has 1 aliphatic rings. The van der Waals surface area contributed by atoms with Crippen molar-refractivity contribution in [2.75, 3.05) is 19.6 Å². The van der Waals surface area contributed by atoms with E-state index in [-0.39, 0.29) is 55.0 Å². The largest absolute Gasteiger partial charge is 0.390 e. The summed E-state index contributed by atoms with van der Waals surface area (Å²) in [6.07, 6.45) is -3.17. The Kier molecular flexibility index (Phi) is 8.90. The van der Waals surface area contributed by atoms with Gasteiger partial charge in [-0.25, -0.2) is 4.99 Å². The van der Waals surface area contributed by atoms with Gasteiger partial charge < -0.3 is 16.0 Å². The van der Waals surface area contributed by atoms with Crippen LogP contribution in [-0.4, -0.2) is 43.7 Å². The first-order chi connectivity index (χ1) is 8.90. The van der Waals surface area contributed by atoms with Gasteiger partial charge in [0, 0.05) is 19.1 Å². The summed E-state index contributed by atoms with van der Waals surface area (Å²) in [5.74, 6) is 0.00761. The lowest BCUT2D eigenvalue weighted by atomic mass is 10.4. The monoisotopic (exact) mass is 408 g/mol. The van der Waals surface area contributed by atoms with E-state index < -0.39 is 12.6 Å². The molecule has 0 bridgehead atoms. The van der Waals surface area contributed by atoms with Crippen LogP contribution in [0.2, 0.25) is 0 Å². The molecular weight excluding hydrogens is 388 g/mol. The van der Waals surface area contributed by atoms with Crippen molar-refractivity contribution >= 4 is 35.8 Å². The lowest BCUT2D eigenvalue weighted by molar-refractivity contribution is -0.132. The molecule has 0 aliphatic heterocycles. The van der Waals surface area contributed by atoms with Gasteiger partial charge in [0.2, 0.25) is 5.91 Å². The third kappa shape index (κ3) is 10.1. The number of nitrogens with zero attached hydrogens (tertiary/aromatic N) is 1. The van der Waals surface area contributed by atoms with Crippen molar-refractivity contribution in [3.63, 3.8) is 0 Å². The van der Waals surface area contributed by atoms with Crippen LogP contribution in [-0.2, 0) is 4.79 Å². The van der Waals surface area contributed by atoms with Crippen molar-refractivity contribution in [1.82, 2.24) is 16.0 Å². The maximum Gasteiger partial charge on any atom is 0.390 e. The second-order valence-electron chi connectivity index (χ2n) is 4.33. The molecule has 1 amide bonds. The van der Waals surface area contributed by atoms with Crippen LogP contribution in [0.15, 0.2) is 4.99 Å². The number of guanidine groups is 1. The normalized spacial score (nSPS) is 15.3. The SMILES string of the molecule is CCNC(=NCC(=O)NC1CC1)NCCC(F)(F)F.I. The Hall–Kier alpha value is -0.740. The van der Waals surface area contributed by atoms with Gasteiger partial charge in [0.15, 0.2) is 5.96 Å². The Morgan fingerprint density at radius 3 is 2.45 bits per heavy atom. The van der Waals surface area contributed by atoms with Crippen LogP contribution in [0.3, 0.4) is 0 Å². The first kappa shape index (κ1) is 19.3. The van der Waals surface area contributed by atoms with Gasteiger partial charge in [-0.3, -0.25) is 4.79 Å². The van der Waals surface area contributed by atoms with E-state index in [1.54, 1.807) is 6.92 Å². The third-order valence-corrected chi connectivity index (χ3v) is 2.37. The minimum atomic E-state index is -4.20. The molecule has 1 fully saturated rings. The molecule has 5 nitrogen and oxygen atoms in total. The molecule has 0 aromatic heterocycles. The Labute approximate surface area is 133 Å². The lowest BCUT2D eigenvalue weighted by Crippen LogP contribution is -2.40. The van der Waals surface area contributed by atoms with E-state index in [0.717, 1.165) is 12.8 Å². The molecule has 118 valence electrons. The predicted molar refractivity (Wildman–Crippen MR) is 81.2 cm³/mol. The minimum Gasteiger partial charge on any atom is -0.357 e. The topological polar surface area (TPSA) is 65.5 Å². The van der Waals surface area contributed by atoms with Gasteiger partial charge in [0.1, 0.15) is 6.54 Å². The number of carbonyl (C=O) groups is 1. The van der Waals surface area contributed by atoms with Gasteiger partial charge in [-0.15, -0.1) is 24.0 Å². The highest BCUT2D eigenvalue weighted by atomic mass is 127. The van der Waals surface area contributed by atoms with E-state index in [9.17, 15) is 18.0 Å². The smallest absolute Gasteiger partial charge is 0.357 e. The molecule has 0 radical (unpaired) electrons. The van der Waals surface area contributed by atoms with Crippen LogP contribution >= 0.6 is 24.0 Å². The molecule has 1 saturated carbocycles. The summed E-state index contributed by atoms with van der Waals surface area (Å²) in [4.78, 5) is 15.3. The lowest BCUT2D eigenvalue weighted by Gasteiger charge is -2.12. The van der Waals surface area contributed by atoms with Gasteiger partial charge in [-0.1, -0.05) is 0 Å². The molecule has 1 rings (SSSR count). The highest BCUT2D eigenvalue weighted by Gasteiger charge is 2.26. The van der Waals surface area contributed by atoms with Crippen LogP contribution in [0.4, 0.5) is 13.2 Å². The number of rotatable bonds is 6. The average Bonchev–Trinajstić information content (AvgIpc) is 3.08. The second-order valence-corrected chi connectivity index (χ2v) is 4.33. The summed E-state index contributed by atoms with van der Waals surface area (Å²) in [6.45, 7) is 1.96. The minimum absolute atomic E-state index is 0. The van der Waals surface area contributed by atoms with E-state index in [1.807, 2.05) is 0 Å². The Morgan fingerprint density at radius 2 is 1.95 bits per heavy atom. The second kappa shape index (κ2) is 9.24. The highest BCUT2D eigenvalue weighted by Crippen LogP contribution is 2.18. The number of carbonyl (C=O) groups excluding carboxylic acids is 1. The summed E-state index contributed by atoms with van der Waals surface area (Å²) in [6, 6.07) is 0.253. The van der Waals surface area contributed by atoms with Crippen molar-refractivity contribution < 1.29 is 18.0 Å². The molecule has 0 saturated heterocycles. The fourth-order valence-corrected chi connectivity index (χ4v) is 1.32. The molecule has 0 aromatic carbocycles. The van der Waals surface area contributed by atoms with Crippen molar-refractivity contribution in [3.8, 4) is 0 Å². The molecule has 0 heterocycles. The van der Waals surface area contributed by atoms with E-state index in [1.165, 1.54) is 0 Å². The number of alkyl halides is 3. The molecule has 0 atom stereocenters. The number of hydrogen-bond donors (Lipinski definition) is 3. The number of hydrogen-bond acceptors (Lipinski definition) is 2. The number of halogens is 4. The molecule has 3 N–H and O–H groups in total. The molecule has 0 aromatic rings. The van der Waals surface area contributed by atoms with Gasteiger partial charge in [-0.05, 0) is 19.8 Å². The maximum atomic E-state index is 12.0. The molecule has 1 aliphatic carbocycles. The number of amides is 1. The van der Waals surface area contributed by atoms with E-state index >= 15 is 0 Å². The number of nitrogens with one attached hydrogen (secondary N) is 3. The molecule has 0 unspecified atom stereocenters. The van der Waals surface area contributed by atoms with Crippen molar-refractivity contribution in [2.24, 2.45) is 4.99 Å². The van der Waals surface area contributed by atoms with Gasteiger partial charge in [0.25, 0.3) is 0 Å². The molecular formula is C11H20F3IN4O. The molecule has 20 heavy (non-hydrogen) atoms. The van der Waals surface area contributed by atoms with Crippen LogP contribution in [0.5, 0.6) is 0 Å². The molecule has 0 spiro atoms. The summed E-state index contributed by atoms with van der Waals surface area (Å²) < 4.78 is 36.0. The van der Waals surface area contributed by atoms with Crippen LogP contribution in [0.25, 0.3) is 0 Å². The molecule has 9 heteroatoms. The summed E-state index contributed by atoms with van der Waals surface area (Å²) in [5, 5.41) is 8.08. The first-order valence-corrected chi connectivity index (χ1v) is 6.29. The zero-order chi connectivity index (χ0) is 14.3. The first-order valence-electron chi connectivity index (χ1n) is 6.29. The van der Waals surface area contributed by atoms with Crippen molar-refractivity contribution in [3.05, 3.63) is 0 Å². The average molecular weight is 408 g/mol. The van der Waals surface area contributed by atoms with E-state index in [4.69, 9.17) is 0 Å². The Balaban J connectivity index is 0.00000361. The van der Waals surface area contributed by atoms with Gasteiger partial charge in [0.05, 0.1) is 6.42 Å². The van der Waals surface area contributed by atoms with Gasteiger partial charge >= 0.3 is 6.18 Å². The van der Waals surface area contributed by atoms with Crippen LogP contribution in [0, 0.1) is 0 Å². The highest BCUT2D eigenvalue weighted by molar-refractivity contribution is 14.0.